The van der Waals surface area contributed by atoms with Crippen molar-refractivity contribution in [3.05, 3.63) is 34.6 Å². The highest BCUT2D eigenvalue weighted by molar-refractivity contribution is 8.00. The molecule has 1 rings (SSSR count). The van der Waals surface area contributed by atoms with Gasteiger partial charge in [0.15, 0.2) is 0 Å². The van der Waals surface area contributed by atoms with E-state index in [-0.39, 0.29) is 27.8 Å². The lowest BCUT2D eigenvalue weighted by molar-refractivity contribution is -0.133. The van der Waals surface area contributed by atoms with E-state index in [9.17, 15) is 14.0 Å². The van der Waals surface area contributed by atoms with Crippen molar-refractivity contribution in [1.82, 2.24) is 10.2 Å². The number of nitrogens with one attached hydrogen (secondary N) is 1. The van der Waals surface area contributed by atoms with E-state index < -0.39 is 11.9 Å². The number of carbonyl (C=O) groups is 2. The second-order valence-corrected chi connectivity index (χ2v) is 6.88. The lowest BCUT2D eigenvalue weighted by Crippen LogP contribution is -2.44. The molecule has 1 N–H and O–H groups in total. The third kappa shape index (κ3) is 5.50. The van der Waals surface area contributed by atoms with Crippen LogP contribution in [0, 0.1) is 5.82 Å². The third-order valence-electron chi connectivity index (χ3n) is 3.07. The molecule has 0 saturated heterocycles. The zero-order chi connectivity index (χ0) is 16.9. The van der Waals surface area contributed by atoms with Crippen molar-refractivity contribution in [2.75, 3.05) is 19.8 Å². The normalized spacial score (nSPS) is 13.4. The molecule has 0 spiro atoms. The number of amides is 2. The number of nitrogens with zero attached hydrogens (tertiary/aromatic N) is 1. The first-order valence-corrected chi connectivity index (χ1v) is 8.22. The monoisotopic (exact) mass is 346 g/mol. The lowest BCUT2D eigenvalue weighted by atomic mass is 10.2. The van der Waals surface area contributed by atoms with Crippen LogP contribution in [0.25, 0.3) is 0 Å². The molecule has 0 aliphatic heterocycles. The summed E-state index contributed by atoms with van der Waals surface area (Å²) < 4.78 is 13.1. The van der Waals surface area contributed by atoms with Crippen molar-refractivity contribution in [2.45, 2.75) is 25.1 Å². The van der Waals surface area contributed by atoms with Crippen molar-refractivity contribution in [3.63, 3.8) is 0 Å². The number of thioether (sulfide) groups is 1. The topological polar surface area (TPSA) is 49.4 Å². The van der Waals surface area contributed by atoms with E-state index in [0.717, 1.165) is 5.56 Å². The van der Waals surface area contributed by atoms with E-state index in [0.29, 0.717) is 0 Å². The molecule has 0 aliphatic rings. The summed E-state index contributed by atoms with van der Waals surface area (Å²) in [6, 6.07) is 3.96. The first-order valence-electron chi connectivity index (χ1n) is 6.79. The van der Waals surface area contributed by atoms with Crippen molar-refractivity contribution in [1.29, 1.82) is 0 Å². The molecule has 7 heteroatoms. The van der Waals surface area contributed by atoms with Crippen molar-refractivity contribution < 1.29 is 14.0 Å². The van der Waals surface area contributed by atoms with Crippen molar-refractivity contribution in [2.24, 2.45) is 0 Å². The van der Waals surface area contributed by atoms with Crippen LogP contribution in [0.3, 0.4) is 0 Å². The molecule has 0 fully saturated rings. The lowest BCUT2D eigenvalue weighted by Gasteiger charge is -2.18. The van der Waals surface area contributed by atoms with E-state index in [1.54, 1.807) is 33.2 Å². The predicted octanol–water partition coefficient (Wildman–Crippen LogP) is 2.87. The Kier molecular flexibility index (Phi) is 7.16. The van der Waals surface area contributed by atoms with Crippen molar-refractivity contribution >= 4 is 35.2 Å². The van der Waals surface area contributed by atoms with Gasteiger partial charge in [0, 0.05) is 19.3 Å². The fourth-order valence-electron chi connectivity index (χ4n) is 1.79. The van der Waals surface area contributed by atoms with Crippen LogP contribution in [-0.4, -0.2) is 42.6 Å². The Balaban J connectivity index is 2.49. The smallest absolute Gasteiger partial charge is 0.244 e. The Hall–Kier alpha value is -1.27. The molecular weight excluding hydrogens is 327 g/mol. The molecule has 0 radical (unpaired) electrons. The maximum Gasteiger partial charge on any atom is 0.244 e. The minimum atomic E-state index is -0.557. The molecule has 0 unspecified atom stereocenters. The van der Waals surface area contributed by atoms with Crippen LogP contribution in [0.2, 0.25) is 5.02 Å². The number of likely N-dealkylation sites (N-methyl/N-ethyl adjacent to an activating group) is 1. The molecule has 2 amide bonds. The highest BCUT2D eigenvalue weighted by atomic mass is 35.5. The van der Waals surface area contributed by atoms with E-state index in [2.05, 4.69) is 5.32 Å². The Bertz CT molecular complexity index is 554. The summed E-state index contributed by atoms with van der Waals surface area (Å²) in [7, 11) is 3.28. The highest BCUT2D eigenvalue weighted by Crippen LogP contribution is 2.30. The quantitative estimate of drug-likeness (QED) is 0.861. The van der Waals surface area contributed by atoms with Gasteiger partial charge < -0.3 is 10.2 Å². The third-order valence-corrected chi connectivity index (χ3v) is 4.56. The van der Waals surface area contributed by atoms with Gasteiger partial charge in [-0.3, -0.25) is 9.59 Å². The number of hydrogen-bond acceptors (Lipinski definition) is 3. The maximum atomic E-state index is 13.1. The number of benzene rings is 1. The first kappa shape index (κ1) is 18.8. The molecule has 122 valence electrons. The standard InChI is InChI=1S/C15H20ClFN2O2S/c1-9(15(21)19(3)4)18-14(20)8-22-10(2)11-5-6-13(17)12(16)7-11/h5-7,9-10H,8H2,1-4H3,(H,18,20)/t9-,10-/m0/s1. The van der Waals surface area contributed by atoms with Crippen molar-refractivity contribution in [3.8, 4) is 0 Å². The first-order chi connectivity index (χ1) is 10.2. The molecular formula is C15H20ClFN2O2S. The van der Waals surface area contributed by atoms with Crippen LogP contribution >= 0.6 is 23.4 Å². The van der Waals surface area contributed by atoms with Crippen LogP contribution in [-0.2, 0) is 9.59 Å². The maximum absolute atomic E-state index is 13.1. The molecule has 4 nitrogen and oxygen atoms in total. The summed E-state index contributed by atoms with van der Waals surface area (Å²) in [6.07, 6.45) is 0. The minimum Gasteiger partial charge on any atom is -0.347 e. The molecule has 0 saturated carbocycles. The zero-order valence-corrected chi connectivity index (χ0v) is 14.6. The van der Waals surface area contributed by atoms with E-state index in [1.165, 1.54) is 22.7 Å². The Labute approximate surface area is 139 Å². The zero-order valence-electron chi connectivity index (χ0n) is 13.0. The number of halogens is 2. The highest BCUT2D eigenvalue weighted by Gasteiger charge is 2.18. The van der Waals surface area contributed by atoms with Gasteiger partial charge in [-0.2, -0.15) is 0 Å². The summed E-state index contributed by atoms with van der Waals surface area (Å²) in [6.45, 7) is 3.56. The molecule has 22 heavy (non-hydrogen) atoms. The second-order valence-electron chi connectivity index (χ2n) is 5.15. The summed E-state index contributed by atoms with van der Waals surface area (Å²) >= 11 is 7.14. The summed E-state index contributed by atoms with van der Waals surface area (Å²) in [4.78, 5) is 24.9. The van der Waals surface area contributed by atoms with E-state index >= 15 is 0 Å². The minimum absolute atomic E-state index is 0.0105. The van der Waals surface area contributed by atoms with E-state index in [1.807, 2.05) is 6.92 Å². The van der Waals surface area contributed by atoms with Crippen LogP contribution in [0.5, 0.6) is 0 Å². The predicted molar refractivity (Wildman–Crippen MR) is 88.6 cm³/mol. The number of rotatable bonds is 6. The van der Waals surface area contributed by atoms with Gasteiger partial charge >= 0.3 is 0 Å². The fraction of sp³-hybridized carbons (Fsp3) is 0.467. The fourth-order valence-corrected chi connectivity index (χ4v) is 2.81. The molecule has 1 aromatic rings. The average Bonchev–Trinajstić information content (AvgIpc) is 2.46. The molecule has 2 atom stereocenters. The van der Waals surface area contributed by atoms with Gasteiger partial charge in [0.1, 0.15) is 11.9 Å². The van der Waals surface area contributed by atoms with Crippen LogP contribution in [0.1, 0.15) is 24.7 Å². The van der Waals surface area contributed by atoms with Crippen LogP contribution in [0.15, 0.2) is 18.2 Å². The molecule has 0 bridgehead atoms. The Morgan fingerprint density at radius 2 is 2.00 bits per heavy atom. The summed E-state index contributed by atoms with van der Waals surface area (Å²) in [5.74, 6) is -0.623. The summed E-state index contributed by atoms with van der Waals surface area (Å²) in [5.41, 5.74) is 0.849. The van der Waals surface area contributed by atoms with Gasteiger partial charge in [0.2, 0.25) is 11.8 Å². The van der Waals surface area contributed by atoms with Gasteiger partial charge in [-0.15, -0.1) is 11.8 Å². The van der Waals surface area contributed by atoms with Gasteiger partial charge in [-0.05, 0) is 31.5 Å². The Morgan fingerprint density at radius 3 is 2.55 bits per heavy atom. The van der Waals surface area contributed by atoms with Crippen LogP contribution in [0.4, 0.5) is 4.39 Å². The van der Waals surface area contributed by atoms with Gasteiger partial charge in [0.25, 0.3) is 0 Å². The number of hydrogen-bond donors (Lipinski definition) is 1. The van der Waals surface area contributed by atoms with Gasteiger partial charge in [-0.1, -0.05) is 17.7 Å². The van der Waals surface area contributed by atoms with Crippen LogP contribution < -0.4 is 5.32 Å². The molecule has 0 aromatic heterocycles. The number of carbonyl (C=O) groups excluding carboxylic acids is 2. The SMILES string of the molecule is C[C@H](NC(=O)CS[C@@H](C)c1ccc(F)c(Cl)c1)C(=O)N(C)C. The van der Waals surface area contributed by atoms with Gasteiger partial charge in [-0.25, -0.2) is 4.39 Å². The molecule has 0 heterocycles. The molecule has 0 aliphatic carbocycles. The average molecular weight is 347 g/mol. The van der Waals surface area contributed by atoms with E-state index in [4.69, 9.17) is 11.6 Å². The Morgan fingerprint density at radius 1 is 1.36 bits per heavy atom. The summed E-state index contributed by atoms with van der Waals surface area (Å²) in [5, 5.41) is 2.71. The largest absolute Gasteiger partial charge is 0.347 e. The molecule has 1 aromatic carbocycles. The van der Waals surface area contributed by atoms with Gasteiger partial charge in [0.05, 0.1) is 10.8 Å². The second kappa shape index (κ2) is 8.39.